The molecule has 0 aliphatic rings. The number of nitrogens with zero attached hydrogens (tertiary/aromatic N) is 3. The maximum Gasteiger partial charge on any atom is 0.224 e. The number of anilines is 1. The summed E-state index contributed by atoms with van der Waals surface area (Å²) in [5, 5.41) is 2.38. The van der Waals surface area contributed by atoms with Crippen LogP contribution in [0.25, 0.3) is 0 Å². The van der Waals surface area contributed by atoms with Crippen LogP contribution < -0.4 is 4.90 Å². The topological polar surface area (TPSA) is 29.0 Å². The molecule has 0 atom stereocenters. The molecule has 2 aromatic rings. The molecule has 3 nitrogen and oxygen atoms in total. The third-order valence-electron chi connectivity index (χ3n) is 2.44. The van der Waals surface area contributed by atoms with E-state index in [0.717, 1.165) is 12.4 Å². The van der Waals surface area contributed by atoms with E-state index in [-0.39, 0.29) is 0 Å². The van der Waals surface area contributed by atoms with Crippen molar-refractivity contribution in [3.8, 4) is 0 Å². The van der Waals surface area contributed by atoms with E-state index >= 15 is 0 Å². The maximum atomic E-state index is 5.83. The smallest absolute Gasteiger partial charge is 0.224 e. The molecule has 0 aliphatic heterocycles. The third kappa shape index (κ3) is 3.17. The lowest BCUT2D eigenvalue weighted by atomic mass is 10.3. The first-order valence-corrected chi connectivity index (χ1v) is 6.70. The van der Waals surface area contributed by atoms with E-state index in [9.17, 15) is 0 Å². The van der Waals surface area contributed by atoms with Gasteiger partial charge in [-0.3, -0.25) is 0 Å². The van der Waals surface area contributed by atoms with Crippen LogP contribution in [0.5, 0.6) is 0 Å². The molecule has 0 aromatic carbocycles. The molecule has 0 saturated heterocycles. The van der Waals surface area contributed by atoms with Crippen molar-refractivity contribution in [1.82, 2.24) is 9.97 Å². The minimum Gasteiger partial charge on any atom is -0.349 e. The highest BCUT2D eigenvalue weighted by atomic mass is 35.5. The monoisotopic (exact) mass is 267 g/mol. The van der Waals surface area contributed by atoms with Gasteiger partial charge in [0.25, 0.3) is 0 Å². The maximum absolute atomic E-state index is 5.83. The van der Waals surface area contributed by atoms with Gasteiger partial charge >= 0.3 is 0 Å². The first-order chi connectivity index (χ1) is 8.16. The van der Waals surface area contributed by atoms with Crippen LogP contribution in [0.4, 0.5) is 5.82 Å². The van der Waals surface area contributed by atoms with Crippen LogP contribution in [0.1, 0.15) is 18.7 Å². The Bertz CT molecular complexity index is 470. The van der Waals surface area contributed by atoms with Gasteiger partial charge in [-0.2, -0.15) is 0 Å². The van der Waals surface area contributed by atoms with Gasteiger partial charge in [0.15, 0.2) is 0 Å². The lowest BCUT2D eigenvalue weighted by molar-refractivity contribution is 0.676. The van der Waals surface area contributed by atoms with Gasteiger partial charge in [-0.05, 0) is 43.0 Å². The summed E-state index contributed by atoms with van der Waals surface area (Å²) >= 11 is 7.58. The highest BCUT2D eigenvalue weighted by Gasteiger charge is 2.13. The Balaban J connectivity index is 2.23. The Morgan fingerprint density at radius 1 is 1.41 bits per heavy atom. The fourth-order valence-corrected chi connectivity index (χ4v) is 2.43. The lowest BCUT2D eigenvalue weighted by Crippen LogP contribution is -2.30. The van der Waals surface area contributed by atoms with Gasteiger partial charge in [0, 0.05) is 17.1 Å². The summed E-state index contributed by atoms with van der Waals surface area (Å²) in [6.45, 7) is 5.13. The summed E-state index contributed by atoms with van der Waals surface area (Å²) in [6, 6.07) is 6.44. The van der Waals surface area contributed by atoms with Gasteiger partial charge in [-0.25, -0.2) is 9.97 Å². The summed E-state index contributed by atoms with van der Waals surface area (Å²) < 4.78 is 0. The molecular weight excluding hydrogens is 254 g/mol. The van der Waals surface area contributed by atoms with E-state index < -0.39 is 0 Å². The van der Waals surface area contributed by atoms with Gasteiger partial charge in [-0.15, -0.1) is 11.3 Å². The average molecular weight is 268 g/mol. The second-order valence-electron chi connectivity index (χ2n) is 3.98. The SMILES string of the molecule is CC(C)N(Cc1cccs1)c1ccnc(Cl)n1. The Kier molecular flexibility index (Phi) is 3.97. The minimum absolute atomic E-state index is 0.291. The fraction of sp³-hybridized carbons (Fsp3) is 0.333. The molecule has 0 aliphatic carbocycles. The van der Waals surface area contributed by atoms with Crippen LogP contribution in [0, 0.1) is 0 Å². The molecule has 17 heavy (non-hydrogen) atoms. The molecule has 0 amide bonds. The Hall–Kier alpha value is -1.13. The van der Waals surface area contributed by atoms with Gasteiger partial charge in [0.05, 0.1) is 6.54 Å². The fourth-order valence-electron chi connectivity index (χ4n) is 1.58. The zero-order chi connectivity index (χ0) is 12.3. The van der Waals surface area contributed by atoms with Crippen molar-refractivity contribution in [3.63, 3.8) is 0 Å². The van der Waals surface area contributed by atoms with E-state index in [1.807, 2.05) is 6.07 Å². The molecule has 0 unspecified atom stereocenters. The normalized spacial score (nSPS) is 10.8. The number of thiophene rings is 1. The van der Waals surface area contributed by atoms with Crippen molar-refractivity contribution in [1.29, 1.82) is 0 Å². The Morgan fingerprint density at radius 2 is 2.24 bits per heavy atom. The average Bonchev–Trinajstić information content (AvgIpc) is 2.78. The van der Waals surface area contributed by atoms with Crippen molar-refractivity contribution in [2.24, 2.45) is 0 Å². The third-order valence-corrected chi connectivity index (χ3v) is 3.48. The number of hydrogen-bond donors (Lipinski definition) is 0. The molecule has 0 fully saturated rings. The molecule has 2 heterocycles. The van der Waals surface area contributed by atoms with Crippen LogP contribution in [-0.2, 0) is 6.54 Å². The molecule has 0 bridgehead atoms. The van der Waals surface area contributed by atoms with Crippen LogP contribution >= 0.6 is 22.9 Å². The molecule has 0 radical (unpaired) electrons. The quantitative estimate of drug-likeness (QED) is 0.793. The first-order valence-electron chi connectivity index (χ1n) is 5.44. The van der Waals surface area contributed by atoms with Crippen molar-refractivity contribution in [2.45, 2.75) is 26.4 Å². The van der Waals surface area contributed by atoms with Crippen LogP contribution in [-0.4, -0.2) is 16.0 Å². The van der Waals surface area contributed by atoms with E-state index in [0.29, 0.717) is 11.3 Å². The summed E-state index contributed by atoms with van der Waals surface area (Å²) in [6.07, 6.45) is 1.69. The van der Waals surface area contributed by atoms with Gasteiger partial charge in [0.2, 0.25) is 5.28 Å². The Labute approximate surface area is 110 Å². The summed E-state index contributed by atoms with van der Waals surface area (Å²) in [4.78, 5) is 11.7. The van der Waals surface area contributed by atoms with Crippen LogP contribution in [0.3, 0.4) is 0 Å². The second-order valence-corrected chi connectivity index (χ2v) is 5.36. The second kappa shape index (κ2) is 5.47. The number of halogens is 1. The predicted molar refractivity (Wildman–Crippen MR) is 72.7 cm³/mol. The minimum atomic E-state index is 0.291. The van der Waals surface area contributed by atoms with Gasteiger partial charge in [0.1, 0.15) is 5.82 Å². The highest BCUT2D eigenvalue weighted by molar-refractivity contribution is 7.09. The highest BCUT2D eigenvalue weighted by Crippen LogP contribution is 2.20. The van der Waals surface area contributed by atoms with Gasteiger partial charge in [-0.1, -0.05) is 6.07 Å². The largest absolute Gasteiger partial charge is 0.349 e. The summed E-state index contributed by atoms with van der Waals surface area (Å²) in [5.41, 5.74) is 0. The van der Waals surface area contributed by atoms with Crippen molar-refractivity contribution in [2.75, 3.05) is 4.90 Å². The van der Waals surface area contributed by atoms with E-state index in [4.69, 9.17) is 11.6 Å². The first kappa shape index (κ1) is 12.3. The van der Waals surface area contributed by atoms with E-state index in [1.165, 1.54) is 4.88 Å². The van der Waals surface area contributed by atoms with Crippen LogP contribution in [0.2, 0.25) is 5.28 Å². The number of rotatable bonds is 4. The lowest BCUT2D eigenvalue weighted by Gasteiger charge is -2.27. The molecular formula is C12H14ClN3S. The molecule has 0 spiro atoms. The number of hydrogen-bond acceptors (Lipinski definition) is 4. The zero-order valence-corrected chi connectivity index (χ0v) is 11.4. The number of aromatic nitrogens is 2. The zero-order valence-electron chi connectivity index (χ0n) is 9.80. The predicted octanol–water partition coefficient (Wildman–Crippen LogP) is 3.61. The molecule has 90 valence electrons. The molecule has 0 saturated carbocycles. The molecule has 5 heteroatoms. The molecule has 0 N–H and O–H groups in total. The van der Waals surface area contributed by atoms with Crippen molar-refractivity contribution < 1.29 is 0 Å². The Morgan fingerprint density at radius 3 is 2.82 bits per heavy atom. The van der Waals surface area contributed by atoms with Crippen molar-refractivity contribution in [3.05, 3.63) is 39.9 Å². The van der Waals surface area contributed by atoms with E-state index in [1.54, 1.807) is 17.5 Å². The molecule has 2 aromatic heterocycles. The standard InChI is InChI=1S/C12H14ClN3S/c1-9(2)16(8-10-4-3-7-17-10)11-5-6-14-12(13)15-11/h3-7,9H,8H2,1-2H3. The van der Waals surface area contributed by atoms with E-state index in [2.05, 4.69) is 46.2 Å². The van der Waals surface area contributed by atoms with Crippen LogP contribution in [0.15, 0.2) is 29.8 Å². The van der Waals surface area contributed by atoms with Crippen molar-refractivity contribution >= 4 is 28.8 Å². The summed E-state index contributed by atoms with van der Waals surface area (Å²) in [5.74, 6) is 0.869. The summed E-state index contributed by atoms with van der Waals surface area (Å²) in [7, 11) is 0. The molecule has 2 rings (SSSR count). The van der Waals surface area contributed by atoms with Gasteiger partial charge < -0.3 is 4.90 Å².